The Kier molecular flexibility index (Phi) is 7.18. The molecule has 0 radical (unpaired) electrons. The maximum absolute atomic E-state index is 12.3. The average Bonchev–Trinajstić information content (AvgIpc) is 2.94. The Morgan fingerprint density at radius 3 is 2.48 bits per heavy atom. The summed E-state index contributed by atoms with van der Waals surface area (Å²) < 4.78 is 26.3. The van der Waals surface area contributed by atoms with Gasteiger partial charge in [0.25, 0.3) is 5.76 Å². The van der Waals surface area contributed by atoms with E-state index in [-0.39, 0.29) is 5.91 Å². The van der Waals surface area contributed by atoms with Crippen LogP contribution in [0.3, 0.4) is 0 Å². The van der Waals surface area contributed by atoms with Crippen molar-refractivity contribution in [2.24, 2.45) is 5.92 Å². The third-order valence-electron chi connectivity index (χ3n) is 3.04. The van der Waals surface area contributed by atoms with Crippen LogP contribution in [-0.4, -0.2) is 37.1 Å². The van der Waals surface area contributed by atoms with E-state index >= 15 is 0 Å². The smallest absolute Gasteiger partial charge is 0.288 e. The van der Waals surface area contributed by atoms with E-state index in [0.717, 1.165) is 0 Å². The van der Waals surface area contributed by atoms with Gasteiger partial charge in [-0.1, -0.05) is 37.4 Å². The van der Waals surface area contributed by atoms with Crippen molar-refractivity contribution in [2.45, 2.75) is 48.4 Å². The summed E-state index contributed by atoms with van der Waals surface area (Å²) in [5.41, 5.74) is 0.554. The van der Waals surface area contributed by atoms with Gasteiger partial charge >= 0.3 is 0 Å². The predicted octanol–water partition coefficient (Wildman–Crippen LogP) is 3.76. The summed E-state index contributed by atoms with van der Waals surface area (Å²) in [5.74, 6) is -2.29. The summed E-state index contributed by atoms with van der Waals surface area (Å²) in [6.07, 6.45) is 0. The van der Waals surface area contributed by atoms with Crippen LogP contribution in [0.4, 0.5) is 14.5 Å². The number of hydrogen-bond donors (Lipinski definition) is 1. The van der Waals surface area contributed by atoms with Crippen LogP contribution in [-0.2, 0) is 11.3 Å². The maximum atomic E-state index is 12.3. The van der Waals surface area contributed by atoms with E-state index in [9.17, 15) is 13.6 Å². The third kappa shape index (κ3) is 6.28. The minimum atomic E-state index is -2.46. The Hall–Kier alpha value is -1.68. The highest BCUT2D eigenvalue weighted by molar-refractivity contribution is 8.00. The molecule has 2 rings (SSSR count). The summed E-state index contributed by atoms with van der Waals surface area (Å²) in [5, 5.41) is 14.5. The van der Waals surface area contributed by atoms with Gasteiger partial charge in [0.1, 0.15) is 0 Å². The largest absolute Gasteiger partial charge is 0.325 e. The molecule has 0 bridgehead atoms. The number of amides is 1. The molecule has 0 spiro atoms. The zero-order valence-corrected chi connectivity index (χ0v) is 15.7. The fourth-order valence-electron chi connectivity index (χ4n) is 1.92. The molecular weight excluding hydrogens is 368 g/mol. The summed E-state index contributed by atoms with van der Waals surface area (Å²) in [4.78, 5) is 12.7. The number of hydrogen-bond acceptors (Lipinski definition) is 6. The molecule has 0 aliphatic rings. The quantitative estimate of drug-likeness (QED) is 0.695. The van der Waals surface area contributed by atoms with Gasteiger partial charge in [0.2, 0.25) is 11.1 Å². The Morgan fingerprint density at radius 1 is 1.20 bits per heavy atom. The molecule has 2 aromatic rings. The number of tetrazole rings is 1. The van der Waals surface area contributed by atoms with Crippen molar-refractivity contribution >= 4 is 35.1 Å². The monoisotopic (exact) mass is 387 g/mol. The lowest BCUT2D eigenvalue weighted by atomic mass is 10.2. The van der Waals surface area contributed by atoms with E-state index in [4.69, 9.17) is 0 Å². The van der Waals surface area contributed by atoms with Gasteiger partial charge in [-0.2, -0.15) is 8.78 Å². The lowest BCUT2D eigenvalue weighted by molar-refractivity contribution is -0.115. The van der Waals surface area contributed by atoms with Crippen LogP contribution < -0.4 is 5.32 Å². The molecule has 1 N–H and O–H groups in total. The van der Waals surface area contributed by atoms with Crippen LogP contribution in [0.5, 0.6) is 0 Å². The first-order valence-corrected chi connectivity index (χ1v) is 9.39. The molecule has 25 heavy (non-hydrogen) atoms. The first kappa shape index (κ1) is 19.6. The van der Waals surface area contributed by atoms with Crippen molar-refractivity contribution in [2.75, 3.05) is 5.32 Å². The van der Waals surface area contributed by atoms with Gasteiger partial charge in [0.05, 0.1) is 5.25 Å². The molecule has 1 atom stereocenters. The van der Waals surface area contributed by atoms with Crippen molar-refractivity contribution in [3.63, 3.8) is 0 Å². The highest BCUT2D eigenvalue weighted by Gasteiger charge is 2.19. The van der Waals surface area contributed by atoms with Gasteiger partial charge in [-0.25, -0.2) is 4.68 Å². The molecule has 6 nitrogen and oxygen atoms in total. The van der Waals surface area contributed by atoms with E-state index in [1.807, 2.05) is 0 Å². The number of thioether (sulfide) groups is 2. The number of rotatable bonds is 8. The topological polar surface area (TPSA) is 72.7 Å². The summed E-state index contributed by atoms with van der Waals surface area (Å²) in [7, 11) is 0. The zero-order valence-electron chi connectivity index (χ0n) is 14.0. The van der Waals surface area contributed by atoms with Crippen LogP contribution in [0.25, 0.3) is 0 Å². The lowest BCUT2D eigenvalue weighted by Gasteiger charge is -2.12. The normalized spacial score (nSPS) is 12.6. The van der Waals surface area contributed by atoms with E-state index in [0.29, 0.717) is 40.0 Å². The van der Waals surface area contributed by atoms with E-state index in [2.05, 4.69) is 34.7 Å². The van der Waals surface area contributed by atoms with Crippen LogP contribution in [0, 0.1) is 5.92 Å². The van der Waals surface area contributed by atoms with Crippen LogP contribution >= 0.6 is 23.5 Å². The Labute approximate surface area is 153 Å². The summed E-state index contributed by atoms with van der Waals surface area (Å²) in [6, 6.07) is 6.30. The fraction of sp³-hybridized carbons (Fsp3) is 0.467. The fourth-order valence-corrected chi connectivity index (χ4v) is 3.21. The van der Waals surface area contributed by atoms with E-state index in [1.165, 1.54) is 11.8 Å². The van der Waals surface area contributed by atoms with Gasteiger partial charge in [-0.15, -0.1) is 5.10 Å². The number of benzene rings is 1. The second-order valence-electron chi connectivity index (χ2n) is 5.69. The minimum absolute atomic E-state index is 0.210. The third-order valence-corrected chi connectivity index (χ3v) is 4.83. The highest BCUT2D eigenvalue weighted by Crippen LogP contribution is 2.27. The molecule has 10 heteroatoms. The molecule has 136 valence electrons. The average molecular weight is 387 g/mol. The molecule has 0 fully saturated rings. The van der Waals surface area contributed by atoms with Crippen molar-refractivity contribution in [1.82, 2.24) is 20.2 Å². The predicted molar refractivity (Wildman–Crippen MR) is 94.9 cm³/mol. The molecule has 1 unspecified atom stereocenters. The summed E-state index contributed by atoms with van der Waals surface area (Å²) >= 11 is 1.74. The number of carbonyl (C=O) groups excluding carboxylic acids is 1. The number of halogens is 2. The molecular formula is C15H19F2N5OS2. The zero-order chi connectivity index (χ0) is 18.4. The molecule has 1 aromatic carbocycles. The van der Waals surface area contributed by atoms with Crippen molar-refractivity contribution in [3.05, 3.63) is 24.3 Å². The second-order valence-corrected chi connectivity index (χ2v) is 8.06. The Bertz CT molecular complexity index is 693. The number of nitrogens with one attached hydrogen (secondary N) is 1. The molecule has 1 aromatic heterocycles. The molecule has 0 saturated heterocycles. The Balaban J connectivity index is 1.93. The Morgan fingerprint density at radius 2 is 1.88 bits per heavy atom. The van der Waals surface area contributed by atoms with Crippen molar-refractivity contribution in [1.29, 1.82) is 0 Å². The van der Waals surface area contributed by atoms with Crippen LogP contribution in [0.1, 0.15) is 20.8 Å². The van der Waals surface area contributed by atoms with E-state index < -0.39 is 11.0 Å². The SMILES string of the molecule is CC(C)Cn1nnnc1SC(C)C(=O)Nc1ccc(SC(F)F)cc1. The number of alkyl halides is 2. The van der Waals surface area contributed by atoms with Gasteiger partial charge in [0, 0.05) is 17.1 Å². The van der Waals surface area contributed by atoms with Crippen molar-refractivity contribution in [3.8, 4) is 0 Å². The van der Waals surface area contributed by atoms with Crippen molar-refractivity contribution < 1.29 is 13.6 Å². The molecule has 0 saturated carbocycles. The number of nitrogens with zero attached hydrogens (tertiary/aromatic N) is 4. The maximum Gasteiger partial charge on any atom is 0.288 e. The number of anilines is 1. The van der Waals surface area contributed by atoms with E-state index in [1.54, 1.807) is 35.9 Å². The van der Waals surface area contributed by atoms with Gasteiger partial charge < -0.3 is 5.32 Å². The number of carbonyl (C=O) groups is 1. The van der Waals surface area contributed by atoms with Gasteiger partial charge in [0.15, 0.2) is 0 Å². The molecule has 0 aliphatic heterocycles. The first-order valence-electron chi connectivity index (χ1n) is 7.63. The standard InChI is InChI=1S/C15H19F2N5OS2/c1-9(2)8-22-15(19-20-21-22)24-10(3)13(23)18-11-4-6-12(7-5-11)25-14(16)17/h4-7,9-10,14H,8H2,1-3H3,(H,18,23). The lowest BCUT2D eigenvalue weighted by Crippen LogP contribution is -2.23. The first-order chi connectivity index (χ1) is 11.8. The summed E-state index contributed by atoms with van der Waals surface area (Å²) in [6.45, 7) is 6.55. The van der Waals surface area contributed by atoms with Gasteiger partial charge in [-0.05, 0) is 47.5 Å². The molecule has 1 amide bonds. The van der Waals surface area contributed by atoms with Gasteiger partial charge in [-0.3, -0.25) is 4.79 Å². The second kappa shape index (κ2) is 9.14. The van der Waals surface area contributed by atoms with Crippen LogP contribution in [0.2, 0.25) is 0 Å². The molecule has 1 heterocycles. The molecule has 0 aliphatic carbocycles. The highest BCUT2D eigenvalue weighted by atomic mass is 32.2. The van der Waals surface area contributed by atoms with Crippen LogP contribution in [0.15, 0.2) is 34.3 Å². The minimum Gasteiger partial charge on any atom is -0.325 e. The number of aromatic nitrogens is 4.